The first kappa shape index (κ1) is 16.4. The summed E-state index contributed by atoms with van der Waals surface area (Å²) in [6.07, 6.45) is 4.88. The number of anilines is 2. The van der Waals surface area contributed by atoms with Gasteiger partial charge in [-0.05, 0) is 42.8 Å². The van der Waals surface area contributed by atoms with Gasteiger partial charge in [0.1, 0.15) is 12.7 Å². The van der Waals surface area contributed by atoms with Crippen LogP contribution in [0, 0.1) is 18.3 Å². The summed E-state index contributed by atoms with van der Waals surface area (Å²) in [5.41, 5.74) is 5.11. The molecule has 0 aliphatic heterocycles. The first-order valence-electron chi connectivity index (χ1n) is 8.30. The lowest BCUT2D eigenvalue weighted by Gasteiger charge is -2.12. The highest BCUT2D eigenvalue weighted by Crippen LogP contribution is 2.27. The fraction of sp³-hybridized carbons (Fsp3) is 0.0500. The van der Waals surface area contributed by atoms with E-state index in [1.165, 1.54) is 6.33 Å². The Morgan fingerprint density at radius 3 is 2.81 bits per heavy atom. The van der Waals surface area contributed by atoms with Crippen LogP contribution in [0.5, 0.6) is 0 Å². The Hall–Kier alpha value is -4.05. The molecule has 0 saturated heterocycles. The largest absolute Gasteiger partial charge is 0.324 e. The molecule has 0 aliphatic carbocycles. The molecule has 7 heteroatoms. The van der Waals surface area contributed by atoms with E-state index in [0.717, 1.165) is 28.2 Å². The number of hydrogen-bond acceptors (Lipinski definition) is 6. The number of aromatic nitrogens is 5. The van der Waals surface area contributed by atoms with Crippen LogP contribution in [-0.4, -0.2) is 24.7 Å². The molecule has 0 saturated carbocycles. The lowest BCUT2D eigenvalue weighted by molar-refractivity contribution is 0.871. The summed E-state index contributed by atoms with van der Waals surface area (Å²) < 4.78 is 1.73. The minimum atomic E-state index is 0.466. The quantitative estimate of drug-likeness (QED) is 0.602. The summed E-state index contributed by atoms with van der Waals surface area (Å²) in [5.74, 6) is 0.466. The van der Waals surface area contributed by atoms with E-state index in [-0.39, 0.29) is 0 Å². The molecule has 130 valence electrons. The highest BCUT2D eigenvalue weighted by atomic mass is 15.3. The second-order valence-corrected chi connectivity index (χ2v) is 5.87. The first-order valence-corrected chi connectivity index (χ1v) is 8.30. The van der Waals surface area contributed by atoms with E-state index < -0.39 is 0 Å². The maximum Gasteiger partial charge on any atom is 0.227 e. The van der Waals surface area contributed by atoms with Gasteiger partial charge >= 0.3 is 0 Å². The van der Waals surface area contributed by atoms with Crippen molar-refractivity contribution in [2.75, 3.05) is 5.32 Å². The van der Waals surface area contributed by atoms with Crippen molar-refractivity contribution < 1.29 is 0 Å². The smallest absolute Gasteiger partial charge is 0.227 e. The molecular weight excluding hydrogens is 338 g/mol. The van der Waals surface area contributed by atoms with Crippen molar-refractivity contribution >= 4 is 11.6 Å². The van der Waals surface area contributed by atoms with Gasteiger partial charge in [-0.25, -0.2) is 19.6 Å². The van der Waals surface area contributed by atoms with Crippen LogP contribution in [0.15, 0.2) is 67.4 Å². The predicted molar refractivity (Wildman–Crippen MR) is 102 cm³/mol. The molecule has 0 unspecified atom stereocenters. The van der Waals surface area contributed by atoms with E-state index in [1.807, 2.05) is 43.3 Å². The normalized spacial score (nSPS) is 10.4. The van der Waals surface area contributed by atoms with Gasteiger partial charge in [-0.2, -0.15) is 10.4 Å². The van der Waals surface area contributed by atoms with Crippen LogP contribution in [0.25, 0.3) is 16.9 Å². The van der Waals surface area contributed by atoms with Crippen molar-refractivity contribution in [2.45, 2.75) is 6.92 Å². The molecule has 0 aliphatic rings. The lowest BCUT2D eigenvalue weighted by Crippen LogP contribution is -2.01. The van der Waals surface area contributed by atoms with Crippen LogP contribution in [0.2, 0.25) is 0 Å². The molecule has 27 heavy (non-hydrogen) atoms. The van der Waals surface area contributed by atoms with Crippen molar-refractivity contribution in [3.8, 4) is 23.0 Å². The van der Waals surface area contributed by atoms with Crippen molar-refractivity contribution in [3.05, 3.63) is 78.5 Å². The highest BCUT2D eigenvalue weighted by molar-refractivity contribution is 5.69. The van der Waals surface area contributed by atoms with E-state index >= 15 is 0 Å². The Balaban J connectivity index is 1.69. The van der Waals surface area contributed by atoms with E-state index in [2.05, 4.69) is 31.4 Å². The second kappa shape index (κ2) is 7.06. The molecule has 0 bridgehead atoms. The molecular formula is C20H15N7. The molecule has 0 spiro atoms. The van der Waals surface area contributed by atoms with Crippen LogP contribution in [0.3, 0.4) is 0 Å². The molecule has 0 radical (unpaired) electrons. The molecule has 2 aromatic carbocycles. The Kier molecular flexibility index (Phi) is 4.29. The molecule has 7 nitrogen and oxygen atoms in total. The summed E-state index contributed by atoms with van der Waals surface area (Å²) in [7, 11) is 0. The molecule has 4 rings (SSSR count). The highest BCUT2D eigenvalue weighted by Gasteiger charge is 2.10. The van der Waals surface area contributed by atoms with E-state index in [9.17, 15) is 0 Å². The first-order chi connectivity index (χ1) is 13.2. The molecule has 4 aromatic rings. The van der Waals surface area contributed by atoms with Gasteiger partial charge in [0.25, 0.3) is 0 Å². The van der Waals surface area contributed by atoms with Crippen molar-refractivity contribution in [3.63, 3.8) is 0 Å². The Bertz CT molecular complexity index is 1130. The maximum atomic E-state index is 9.04. The van der Waals surface area contributed by atoms with Crippen molar-refractivity contribution in [1.82, 2.24) is 24.7 Å². The zero-order valence-electron chi connectivity index (χ0n) is 14.5. The number of nitrogens with zero attached hydrogens (tertiary/aromatic N) is 6. The number of hydrogen-bond donors (Lipinski definition) is 1. The van der Waals surface area contributed by atoms with Crippen LogP contribution < -0.4 is 5.32 Å². The van der Waals surface area contributed by atoms with Crippen LogP contribution >= 0.6 is 0 Å². The average molecular weight is 353 g/mol. The molecule has 2 aromatic heterocycles. The van der Waals surface area contributed by atoms with Gasteiger partial charge in [-0.3, -0.25) is 0 Å². The zero-order chi connectivity index (χ0) is 18.6. The third-order valence-electron chi connectivity index (χ3n) is 4.15. The van der Waals surface area contributed by atoms with Gasteiger partial charge in [-0.1, -0.05) is 18.2 Å². The molecule has 0 atom stereocenters. The van der Waals surface area contributed by atoms with Gasteiger partial charge in [0.05, 0.1) is 23.0 Å². The molecule has 2 heterocycles. The van der Waals surface area contributed by atoms with Crippen molar-refractivity contribution in [2.24, 2.45) is 0 Å². The monoisotopic (exact) mass is 353 g/mol. The maximum absolute atomic E-state index is 9.04. The third-order valence-corrected chi connectivity index (χ3v) is 4.15. The second-order valence-electron chi connectivity index (χ2n) is 5.87. The van der Waals surface area contributed by atoms with Gasteiger partial charge in [-0.15, -0.1) is 0 Å². The van der Waals surface area contributed by atoms with E-state index in [4.69, 9.17) is 5.26 Å². The fourth-order valence-corrected chi connectivity index (χ4v) is 2.85. The van der Waals surface area contributed by atoms with E-state index in [0.29, 0.717) is 11.5 Å². The summed E-state index contributed by atoms with van der Waals surface area (Å²) in [6, 6.07) is 17.1. The summed E-state index contributed by atoms with van der Waals surface area (Å²) in [5, 5.41) is 16.4. The molecule has 0 amide bonds. The number of benzene rings is 2. The van der Waals surface area contributed by atoms with Crippen LogP contribution in [0.1, 0.15) is 11.1 Å². The van der Waals surface area contributed by atoms with Gasteiger partial charge < -0.3 is 5.32 Å². The van der Waals surface area contributed by atoms with Crippen LogP contribution in [0.4, 0.5) is 11.6 Å². The predicted octanol–water partition coefficient (Wildman–Crippen LogP) is 3.65. The van der Waals surface area contributed by atoms with Gasteiger partial charge in [0.2, 0.25) is 5.95 Å². The SMILES string of the molecule is Cc1c(-c2ccnc(Nc3cccc(C#N)c3)n2)cccc1-n1cncn1. The fourth-order valence-electron chi connectivity index (χ4n) is 2.85. The Labute approximate surface area is 156 Å². The topological polar surface area (TPSA) is 92.3 Å². The Morgan fingerprint density at radius 2 is 2.00 bits per heavy atom. The molecule has 0 fully saturated rings. The van der Waals surface area contributed by atoms with Gasteiger partial charge in [0.15, 0.2) is 0 Å². The molecule has 1 N–H and O–H groups in total. The van der Waals surface area contributed by atoms with E-state index in [1.54, 1.807) is 29.3 Å². The minimum absolute atomic E-state index is 0.466. The van der Waals surface area contributed by atoms with Gasteiger partial charge in [0, 0.05) is 17.4 Å². The minimum Gasteiger partial charge on any atom is -0.324 e. The number of nitrogens with one attached hydrogen (secondary N) is 1. The summed E-state index contributed by atoms with van der Waals surface area (Å²) in [4.78, 5) is 12.9. The standard InChI is InChI=1S/C20H15N7/c1-14-17(6-3-7-19(14)27-13-22-12-24-27)18-8-9-23-20(26-18)25-16-5-2-4-15(10-16)11-21/h2-10,12-13H,1H3,(H,23,25,26). The van der Waals surface area contributed by atoms with Crippen LogP contribution in [-0.2, 0) is 0 Å². The van der Waals surface area contributed by atoms with Crippen molar-refractivity contribution in [1.29, 1.82) is 5.26 Å². The summed E-state index contributed by atoms with van der Waals surface area (Å²) in [6.45, 7) is 2.03. The number of rotatable bonds is 4. The summed E-state index contributed by atoms with van der Waals surface area (Å²) >= 11 is 0. The third kappa shape index (κ3) is 3.37. The average Bonchev–Trinajstić information content (AvgIpc) is 3.23. The lowest BCUT2D eigenvalue weighted by atomic mass is 10.0. The zero-order valence-corrected chi connectivity index (χ0v) is 14.5. The Morgan fingerprint density at radius 1 is 1.11 bits per heavy atom. The number of nitriles is 1.